The number of ether oxygens (including phenoxy) is 1. The van der Waals surface area contributed by atoms with E-state index in [-0.39, 0.29) is 5.78 Å². The second kappa shape index (κ2) is 5.26. The van der Waals surface area contributed by atoms with E-state index >= 15 is 0 Å². The molecule has 0 radical (unpaired) electrons. The van der Waals surface area contributed by atoms with Crippen molar-refractivity contribution >= 4 is 22.9 Å². The smallest absolute Gasteiger partial charge is 0.178 e. The van der Waals surface area contributed by atoms with Gasteiger partial charge in [0.05, 0.1) is 10.9 Å². The Morgan fingerprint density at radius 3 is 3.05 bits per heavy atom. The first-order valence-corrected chi connectivity index (χ1v) is 6.69. The van der Waals surface area contributed by atoms with Crippen LogP contribution in [0.2, 0.25) is 0 Å². The van der Waals surface area contributed by atoms with E-state index in [1.807, 2.05) is 0 Å². The Morgan fingerprint density at radius 2 is 2.33 bits per heavy atom. The zero-order chi connectivity index (χ0) is 14.9. The number of nitrogens with one attached hydrogen (secondary N) is 1. The number of carbonyl (C=O) groups is 1. The first kappa shape index (κ1) is 13.7. The molecule has 0 saturated carbocycles. The summed E-state index contributed by atoms with van der Waals surface area (Å²) < 4.78 is 19.1. The van der Waals surface area contributed by atoms with Crippen LogP contribution in [0.1, 0.15) is 16.8 Å². The van der Waals surface area contributed by atoms with Crippen molar-refractivity contribution in [2.45, 2.75) is 6.42 Å². The van der Waals surface area contributed by atoms with E-state index in [1.54, 1.807) is 43.9 Å². The fraction of sp³-hybridized carbons (Fsp3) is 0.250. The van der Waals surface area contributed by atoms with Gasteiger partial charge in [0.15, 0.2) is 5.78 Å². The summed E-state index contributed by atoms with van der Waals surface area (Å²) >= 11 is 0. The third-order valence-electron chi connectivity index (χ3n) is 3.78. The predicted octanol–water partition coefficient (Wildman–Crippen LogP) is 3.11. The van der Waals surface area contributed by atoms with Gasteiger partial charge in [0.1, 0.15) is 5.82 Å². The Kier molecular flexibility index (Phi) is 3.43. The fourth-order valence-electron chi connectivity index (χ4n) is 2.59. The van der Waals surface area contributed by atoms with Gasteiger partial charge in [-0.3, -0.25) is 9.79 Å². The van der Waals surface area contributed by atoms with Crippen LogP contribution < -0.4 is 0 Å². The van der Waals surface area contributed by atoms with Crippen LogP contribution in [-0.4, -0.2) is 30.7 Å². The highest BCUT2D eigenvalue weighted by atomic mass is 19.1. The van der Waals surface area contributed by atoms with Crippen molar-refractivity contribution in [1.29, 1.82) is 0 Å². The van der Waals surface area contributed by atoms with Gasteiger partial charge in [0.2, 0.25) is 0 Å². The molecule has 1 atom stereocenters. The second-order valence-electron chi connectivity index (χ2n) is 5.11. The Hall–Kier alpha value is -2.27. The van der Waals surface area contributed by atoms with Gasteiger partial charge in [-0.25, -0.2) is 4.39 Å². The molecule has 1 N–H and O–H groups in total. The van der Waals surface area contributed by atoms with E-state index in [0.29, 0.717) is 29.5 Å². The molecule has 5 heteroatoms. The number of aromatic amines is 1. The Bertz CT molecular complexity index is 734. The van der Waals surface area contributed by atoms with E-state index in [9.17, 15) is 9.18 Å². The van der Waals surface area contributed by atoms with Gasteiger partial charge in [-0.1, -0.05) is 0 Å². The molecule has 2 aromatic rings. The maximum atomic E-state index is 14.0. The number of fused-ring (bicyclic) bond motifs is 1. The molecule has 1 aliphatic rings. The number of halogens is 1. The lowest BCUT2D eigenvalue weighted by Crippen LogP contribution is -2.31. The van der Waals surface area contributed by atoms with Gasteiger partial charge in [-0.15, -0.1) is 0 Å². The number of H-pyrrole nitrogens is 1. The number of nitrogens with zero attached hydrogens (tertiary/aromatic N) is 1. The van der Waals surface area contributed by atoms with E-state index in [2.05, 4.69) is 9.98 Å². The Morgan fingerprint density at radius 1 is 1.48 bits per heavy atom. The number of methoxy groups -OCH3 is 1. The molecule has 0 spiro atoms. The summed E-state index contributed by atoms with van der Waals surface area (Å²) in [5, 5.41) is 0.680. The molecule has 21 heavy (non-hydrogen) atoms. The Balaban J connectivity index is 2.02. The van der Waals surface area contributed by atoms with E-state index < -0.39 is 11.2 Å². The maximum Gasteiger partial charge on any atom is 0.178 e. The summed E-state index contributed by atoms with van der Waals surface area (Å²) in [6.07, 6.45) is 7.08. The predicted molar refractivity (Wildman–Crippen MR) is 79.1 cm³/mol. The summed E-state index contributed by atoms with van der Waals surface area (Å²) in [4.78, 5) is 19.7. The standard InChI is InChI=1S/C16H15FN2O2/c1-21-7-4-16(3-6-18-10-16)15(20)12-8-11-2-5-19-14(11)13(17)9-12/h2-3,5-6,8-10,19H,4,7H2,1H3. The molecule has 0 fully saturated rings. The fourth-order valence-corrected chi connectivity index (χ4v) is 2.59. The molecular formula is C16H15FN2O2. The quantitative estimate of drug-likeness (QED) is 0.859. The number of hydrogen-bond donors (Lipinski definition) is 1. The van der Waals surface area contributed by atoms with Crippen LogP contribution in [0.5, 0.6) is 0 Å². The molecule has 0 saturated heterocycles. The normalized spacial score (nSPS) is 20.5. The average Bonchev–Trinajstić information content (AvgIpc) is 3.14. The number of carbonyl (C=O) groups excluding carboxylic acids is 1. The zero-order valence-electron chi connectivity index (χ0n) is 11.6. The largest absolute Gasteiger partial charge is 0.385 e. The summed E-state index contributed by atoms with van der Waals surface area (Å²) in [5.41, 5.74) is -0.0891. The van der Waals surface area contributed by atoms with Gasteiger partial charge < -0.3 is 9.72 Å². The van der Waals surface area contributed by atoms with Crippen molar-refractivity contribution in [2.75, 3.05) is 13.7 Å². The topological polar surface area (TPSA) is 54.5 Å². The van der Waals surface area contributed by atoms with E-state index in [4.69, 9.17) is 4.74 Å². The summed E-state index contributed by atoms with van der Waals surface area (Å²) in [6, 6.07) is 4.72. The molecule has 2 heterocycles. The van der Waals surface area contributed by atoms with Gasteiger partial charge >= 0.3 is 0 Å². The lowest BCUT2D eigenvalue weighted by atomic mass is 9.79. The molecule has 0 amide bonds. The monoisotopic (exact) mass is 286 g/mol. The molecule has 4 nitrogen and oxygen atoms in total. The molecule has 108 valence electrons. The summed E-state index contributed by atoms with van der Waals surface area (Å²) in [6.45, 7) is 0.428. The number of ketones is 1. The second-order valence-corrected chi connectivity index (χ2v) is 5.11. The molecule has 0 aliphatic carbocycles. The third-order valence-corrected chi connectivity index (χ3v) is 3.78. The number of benzene rings is 1. The SMILES string of the molecule is COCCC1(C(=O)c2cc(F)c3[nH]ccc3c2)C=CN=C1. The van der Waals surface area contributed by atoms with Crippen LogP contribution in [0.4, 0.5) is 4.39 Å². The molecule has 0 bridgehead atoms. The van der Waals surface area contributed by atoms with Crippen molar-refractivity contribution in [1.82, 2.24) is 4.98 Å². The van der Waals surface area contributed by atoms with Gasteiger partial charge in [-0.2, -0.15) is 0 Å². The number of aromatic nitrogens is 1. The van der Waals surface area contributed by atoms with E-state index in [1.165, 1.54) is 6.07 Å². The van der Waals surface area contributed by atoms with Gasteiger partial charge in [0.25, 0.3) is 0 Å². The van der Waals surface area contributed by atoms with Gasteiger partial charge in [-0.05, 0) is 30.7 Å². The first-order valence-electron chi connectivity index (χ1n) is 6.69. The molecule has 1 aromatic heterocycles. The lowest BCUT2D eigenvalue weighted by Gasteiger charge is -2.22. The molecule has 3 rings (SSSR count). The van der Waals surface area contributed by atoms with Crippen molar-refractivity contribution in [3.8, 4) is 0 Å². The zero-order valence-corrected chi connectivity index (χ0v) is 11.6. The van der Waals surface area contributed by atoms with Crippen molar-refractivity contribution in [3.63, 3.8) is 0 Å². The van der Waals surface area contributed by atoms with Crippen molar-refractivity contribution in [3.05, 3.63) is 48.1 Å². The number of allylic oxidation sites excluding steroid dienone is 1. The lowest BCUT2D eigenvalue weighted by molar-refractivity contribution is 0.0872. The van der Waals surface area contributed by atoms with Crippen LogP contribution in [-0.2, 0) is 4.74 Å². The minimum atomic E-state index is -0.841. The van der Waals surface area contributed by atoms with Crippen LogP contribution in [0.25, 0.3) is 10.9 Å². The maximum absolute atomic E-state index is 14.0. The minimum absolute atomic E-state index is 0.168. The first-order chi connectivity index (χ1) is 10.2. The van der Waals surface area contributed by atoms with Crippen LogP contribution in [0, 0.1) is 11.2 Å². The summed E-state index contributed by atoms with van der Waals surface area (Å²) in [5.74, 6) is -0.597. The number of rotatable bonds is 5. The molecule has 1 unspecified atom stereocenters. The molecule has 1 aliphatic heterocycles. The highest BCUT2D eigenvalue weighted by molar-refractivity contribution is 6.13. The molecular weight excluding hydrogens is 271 g/mol. The average molecular weight is 286 g/mol. The van der Waals surface area contributed by atoms with Gasteiger partial charge in [0, 0.05) is 43.3 Å². The Labute approximate surface area is 121 Å². The number of hydrogen-bond acceptors (Lipinski definition) is 3. The number of aliphatic imine (C=N–C) groups is 1. The van der Waals surface area contributed by atoms with Crippen molar-refractivity contribution < 1.29 is 13.9 Å². The van der Waals surface area contributed by atoms with Crippen molar-refractivity contribution in [2.24, 2.45) is 10.4 Å². The van der Waals surface area contributed by atoms with Crippen LogP contribution in [0.3, 0.4) is 0 Å². The van der Waals surface area contributed by atoms with Crippen LogP contribution in [0.15, 0.2) is 41.7 Å². The molecule has 1 aromatic carbocycles. The third kappa shape index (κ3) is 2.29. The highest BCUT2D eigenvalue weighted by Crippen LogP contribution is 2.32. The highest BCUT2D eigenvalue weighted by Gasteiger charge is 2.36. The number of Topliss-reactive ketones (excluding diaryl/α,β-unsaturated/α-hetero) is 1. The van der Waals surface area contributed by atoms with E-state index in [0.717, 1.165) is 0 Å². The minimum Gasteiger partial charge on any atom is -0.385 e. The summed E-state index contributed by atoms with van der Waals surface area (Å²) in [7, 11) is 1.58. The van der Waals surface area contributed by atoms with Crippen LogP contribution >= 0.6 is 0 Å².